The van der Waals surface area contributed by atoms with Gasteiger partial charge in [-0.3, -0.25) is 0 Å². The number of fused-ring (bicyclic) bond motifs is 2. The number of hydrogen-bond donors (Lipinski definition) is 0. The Bertz CT molecular complexity index is 1210. The first-order valence-corrected chi connectivity index (χ1v) is 8.52. The smallest absolute Gasteiger partial charge is 0.342 e. The van der Waals surface area contributed by atoms with E-state index in [9.17, 15) is 9.18 Å². The van der Waals surface area contributed by atoms with Gasteiger partial charge >= 0.3 is 5.97 Å². The second kappa shape index (κ2) is 6.55. The Kier molecular flexibility index (Phi) is 4.19. The van der Waals surface area contributed by atoms with E-state index >= 15 is 0 Å². The molecule has 3 heterocycles. The summed E-state index contributed by atoms with van der Waals surface area (Å²) in [4.78, 5) is 25.4. The molecule has 27 heavy (non-hydrogen) atoms. The minimum absolute atomic E-state index is 0.113. The van der Waals surface area contributed by atoms with Crippen molar-refractivity contribution in [1.29, 1.82) is 0 Å². The monoisotopic (exact) mass is 385 g/mol. The van der Waals surface area contributed by atoms with Crippen LogP contribution < -0.4 is 0 Å². The number of rotatable bonds is 3. The van der Waals surface area contributed by atoms with Gasteiger partial charge in [-0.05, 0) is 32.0 Å². The fourth-order valence-electron chi connectivity index (χ4n) is 2.79. The largest absolute Gasteiger partial charge is 0.462 e. The van der Waals surface area contributed by atoms with Crippen molar-refractivity contribution in [3.8, 4) is 11.4 Å². The van der Waals surface area contributed by atoms with Gasteiger partial charge in [-0.25, -0.2) is 28.7 Å². The minimum Gasteiger partial charge on any atom is -0.462 e. The van der Waals surface area contributed by atoms with E-state index < -0.39 is 11.8 Å². The number of ether oxygens (including phenoxy) is 1. The van der Waals surface area contributed by atoms with Crippen LogP contribution in [0.25, 0.3) is 28.1 Å². The number of aromatic nitrogens is 5. The van der Waals surface area contributed by atoms with Crippen molar-refractivity contribution < 1.29 is 13.9 Å². The third kappa shape index (κ3) is 2.97. The molecule has 0 radical (unpaired) electrons. The Hall–Kier alpha value is -3.13. The topological polar surface area (TPSA) is 82.3 Å². The third-order valence-electron chi connectivity index (χ3n) is 3.95. The summed E-state index contributed by atoms with van der Waals surface area (Å²) in [5.74, 6) is -1.03. The molecule has 0 atom stereocenters. The van der Waals surface area contributed by atoms with Crippen LogP contribution in [0.1, 0.15) is 23.0 Å². The molecule has 0 aliphatic rings. The van der Waals surface area contributed by atoms with E-state index in [0.29, 0.717) is 22.6 Å². The predicted molar refractivity (Wildman–Crippen MR) is 97.2 cm³/mol. The lowest BCUT2D eigenvalue weighted by molar-refractivity contribution is 0.0527. The summed E-state index contributed by atoms with van der Waals surface area (Å²) in [6.45, 7) is 3.67. The van der Waals surface area contributed by atoms with Gasteiger partial charge in [0, 0.05) is 0 Å². The lowest BCUT2D eigenvalue weighted by Gasteiger charge is -2.04. The molecule has 9 heteroatoms. The van der Waals surface area contributed by atoms with Crippen molar-refractivity contribution >= 4 is 34.3 Å². The van der Waals surface area contributed by atoms with Gasteiger partial charge in [0.2, 0.25) is 0 Å². The van der Waals surface area contributed by atoms with Crippen LogP contribution >= 0.6 is 11.6 Å². The summed E-state index contributed by atoms with van der Waals surface area (Å²) >= 11 is 6.01. The molecule has 0 saturated carbocycles. The average molecular weight is 386 g/mol. The number of aryl methyl sites for hydroxylation is 1. The van der Waals surface area contributed by atoms with E-state index in [1.165, 1.54) is 16.6 Å². The van der Waals surface area contributed by atoms with E-state index in [2.05, 4.69) is 20.1 Å². The number of hydrogen-bond acceptors (Lipinski definition) is 6. The Morgan fingerprint density at radius 3 is 2.89 bits per heavy atom. The summed E-state index contributed by atoms with van der Waals surface area (Å²) in [5.41, 5.74) is 2.40. The summed E-state index contributed by atoms with van der Waals surface area (Å²) in [5, 5.41) is 4.24. The fourth-order valence-corrected chi connectivity index (χ4v) is 2.98. The molecule has 4 rings (SSSR count). The third-order valence-corrected chi connectivity index (χ3v) is 4.14. The van der Waals surface area contributed by atoms with E-state index in [1.807, 2.05) is 0 Å². The molecule has 0 aliphatic heterocycles. The molecule has 0 fully saturated rings. The van der Waals surface area contributed by atoms with Gasteiger partial charge in [0.05, 0.1) is 24.0 Å². The molecule has 136 valence electrons. The maximum absolute atomic E-state index is 14.1. The van der Waals surface area contributed by atoms with E-state index in [4.69, 9.17) is 16.3 Å². The Morgan fingerprint density at radius 1 is 1.30 bits per heavy atom. The zero-order valence-electron chi connectivity index (χ0n) is 14.4. The molecule has 0 unspecified atom stereocenters. The standard InChI is InChI=1S/C18H13ClFN5O2/c1-3-27-18(26)10-7-14(19)24-25-8-13(22-17(10)25)15-9(2)21-12-6-4-5-11(20)16(12)23-15/h4-8H,3H2,1-2H3. The van der Waals surface area contributed by atoms with Crippen molar-refractivity contribution in [3.05, 3.63) is 52.7 Å². The van der Waals surface area contributed by atoms with Gasteiger partial charge in [-0.2, -0.15) is 5.10 Å². The number of esters is 1. The first kappa shape index (κ1) is 17.3. The van der Waals surface area contributed by atoms with Gasteiger partial charge < -0.3 is 4.74 Å². The first-order chi connectivity index (χ1) is 13.0. The van der Waals surface area contributed by atoms with Gasteiger partial charge in [0.25, 0.3) is 0 Å². The van der Waals surface area contributed by atoms with Gasteiger partial charge in [-0.1, -0.05) is 17.7 Å². The van der Waals surface area contributed by atoms with Crippen LogP contribution in [0.5, 0.6) is 0 Å². The number of para-hydroxylation sites is 1. The molecule has 0 N–H and O–H groups in total. The number of carbonyl (C=O) groups is 1. The number of imidazole rings is 1. The van der Waals surface area contributed by atoms with Crippen LogP contribution in [0.2, 0.25) is 5.15 Å². The maximum atomic E-state index is 14.1. The highest BCUT2D eigenvalue weighted by Gasteiger charge is 2.19. The number of benzene rings is 1. The molecule has 0 saturated heterocycles. The van der Waals surface area contributed by atoms with Gasteiger partial charge in [-0.15, -0.1) is 0 Å². The van der Waals surface area contributed by atoms with Crippen LogP contribution in [0.15, 0.2) is 30.5 Å². The van der Waals surface area contributed by atoms with Gasteiger partial charge in [0.15, 0.2) is 16.6 Å². The van der Waals surface area contributed by atoms with Gasteiger partial charge in [0.1, 0.15) is 22.5 Å². The van der Waals surface area contributed by atoms with Crippen LogP contribution in [0, 0.1) is 12.7 Å². The molecule has 7 nitrogen and oxygen atoms in total. The second-order valence-electron chi connectivity index (χ2n) is 5.76. The molecule has 0 spiro atoms. The zero-order chi connectivity index (χ0) is 19.1. The number of halogens is 2. The Balaban J connectivity index is 1.94. The molecule has 0 amide bonds. The molecule has 0 bridgehead atoms. The molecule has 4 aromatic rings. The molecule has 3 aromatic heterocycles. The highest BCUT2D eigenvalue weighted by Crippen LogP contribution is 2.25. The van der Waals surface area contributed by atoms with Crippen molar-refractivity contribution in [2.45, 2.75) is 13.8 Å². The quantitative estimate of drug-likeness (QED) is 0.501. The highest BCUT2D eigenvalue weighted by atomic mass is 35.5. The average Bonchev–Trinajstić information content (AvgIpc) is 3.04. The lowest BCUT2D eigenvalue weighted by Crippen LogP contribution is -2.08. The fraction of sp³-hybridized carbons (Fsp3) is 0.167. The van der Waals surface area contributed by atoms with Crippen molar-refractivity contribution in [1.82, 2.24) is 24.6 Å². The summed E-state index contributed by atoms with van der Waals surface area (Å²) in [6.07, 6.45) is 1.56. The van der Waals surface area contributed by atoms with Crippen molar-refractivity contribution in [3.63, 3.8) is 0 Å². The number of nitrogens with zero attached hydrogens (tertiary/aromatic N) is 5. The molecular weight excluding hydrogens is 373 g/mol. The van der Waals surface area contributed by atoms with Crippen molar-refractivity contribution in [2.24, 2.45) is 0 Å². The van der Waals surface area contributed by atoms with Crippen molar-refractivity contribution in [2.75, 3.05) is 6.61 Å². The summed E-state index contributed by atoms with van der Waals surface area (Å²) < 4.78 is 20.5. The number of carbonyl (C=O) groups excluding carboxylic acids is 1. The van der Waals surface area contributed by atoms with Crippen LogP contribution in [0.4, 0.5) is 4.39 Å². The molecule has 0 aliphatic carbocycles. The SMILES string of the molecule is CCOC(=O)c1cc(Cl)nn2cc(-c3nc4c(F)cccc4nc3C)nc12. The van der Waals surface area contributed by atoms with E-state index in [0.717, 1.165) is 0 Å². The van der Waals surface area contributed by atoms with Crippen LogP contribution in [-0.4, -0.2) is 37.1 Å². The van der Waals surface area contributed by atoms with E-state index in [-0.39, 0.29) is 28.5 Å². The lowest BCUT2D eigenvalue weighted by atomic mass is 10.2. The summed E-state index contributed by atoms with van der Waals surface area (Å²) in [7, 11) is 0. The molecular formula is C18H13ClFN5O2. The first-order valence-electron chi connectivity index (χ1n) is 8.14. The predicted octanol–water partition coefficient (Wildman–Crippen LogP) is 3.62. The zero-order valence-corrected chi connectivity index (χ0v) is 15.2. The van der Waals surface area contributed by atoms with E-state index in [1.54, 1.807) is 32.2 Å². The Morgan fingerprint density at radius 2 is 2.11 bits per heavy atom. The normalized spacial score (nSPS) is 11.3. The van der Waals surface area contributed by atoms with Crippen LogP contribution in [-0.2, 0) is 4.74 Å². The maximum Gasteiger partial charge on any atom is 0.342 e. The summed E-state index contributed by atoms with van der Waals surface area (Å²) in [6, 6.07) is 5.98. The second-order valence-corrected chi connectivity index (χ2v) is 6.15. The van der Waals surface area contributed by atoms with Crippen LogP contribution in [0.3, 0.4) is 0 Å². The minimum atomic E-state index is -0.559. The Labute approximate surface area is 157 Å². The highest BCUT2D eigenvalue weighted by molar-refractivity contribution is 6.29. The molecule has 1 aromatic carbocycles.